The molecule has 0 bridgehead atoms. The van der Waals surface area contributed by atoms with Crippen molar-refractivity contribution in [1.29, 1.82) is 0 Å². The maximum absolute atomic E-state index is 12.3. The van der Waals surface area contributed by atoms with Crippen molar-refractivity contribution < 1.29 is 24.2 Å². The maximum Gasteiger partial charge on any atom is 0.326 e. The van der Waals surface area contributed by atoms with E-state index in [1.165, 1.54) is 0 Å². The van der Waals surface area contributed by atoms with Crippen molar-refractivity contribution in [3.05, 3.63) is 0 Å². The Kier molecular flexibility index (Phi) is 6.41. The third kappa shape index (κ3) is 5.22. The van der Waals surface area contributed by atoms with Gasteiger partial charge in [-0.25, -0.2) is 9.59 Å². The first-order chi connectivity index (χ1) is 9.85. The summed E-state index contributed by atoms with van der Waals surface area (Å²) < 4.78 is 5.49. The van der Waals surface area contributed by atoms with Gasteiger partial charge in [0.2, 0.25) is 5.91 Å². The van der Waals surface area contributed by atoms with Crippen molar-refractivity contribution in [1.82, 2.24) is 10.2 Å². The van der Waals surface area contributed by atoms with Crippen molar-refractivity contribution in [2.75, 3.05) is 13.2 Å². The zero-order valence-electron chi connectivity index (χ0n) is 12.4. The molecule has 0 aliphatic carbocycles. The van der Waals surface area contributed by atoms with E-state index >= 15 is 0 Å². The van der Waals surface area contributed by atoms with Gasteiger partial charge in [0, 0.05) is 13.0 Å². The summed E-state index contributed by atoms with van der Waals surface area (Å²) in [5.41, 5.74) is 5.00. The summed E-state index contributed by atoms with van der Waals surface area (Å²) in [6.07, 6.45) is 0.521. The van der Waals surface area contributed by atoms with Crippen LogP contribution in [-0.4, -0.2) is 59.3 Å². The van der Waals surface area contributed by atoms with Crippen LogP contribution in [0.25, 0.3) is 0 Å². The Labute approximate surface area is 123 Å². The van der Waals surface area contributed by atoms with Crippen LogP contribution in [0, 0.1) is 0 Å². The molecule has 1 rings (SSSR count). The Morgan fingerprint density at radius 2 is 2.14 bits per heavy atom. The minimum atomic E-state index is -1.18. The molecule has 3 atom stereocenters. The van der Waals surface area contributed by atoms with Gasteiger partial charge in [-0.1, -0.05) is 6.92 Å². The number of carbonyl (C=O) groups is 3. The van der Waals surface area contributed by atoms with Crippen molar-refractivity contribution in [2.45, 2.75) is 51.3 Å². The third-order valence-electron chi connectivity index (χ3n) is 3.48. The molecule has 8 heteroatoms. The second-order valence-corrected chi connectivity index (χ2v) is 5.20. The van der Waals surface area contributed by atoms with Crippen LogP contribution in [-0.2, 0) is 14.3 Å². The molecule has 0 aromatic rings. The Balaban J connectivity index is 2.66. The summed E-state index contributed by atoms with van der Waals surface area (Å²) >= 11 is 0. The lowest BCUT2D eigenvalue weighted by Crippen LogP contribution is -2.57. The van der Waals surface area contributed by atoms with E-state index in [-0.39, 0.29) is 25.0 Å². The molecular weight excluding hydrogens is 278 g/mol. The average Bonchev–Trinajstić information content (AvgIpc) is 2.42. The molecule has 1 fully saturated rings. The number of ether oxygens (including phenoxy) is 1. The number of hydrogen-bond donors (Lipinski definition) is 3. The highest BCUT2D eigenvalue weighted by molar-refractivity contribution is 5.83. The number of nitrogens with one attached hydrogen (secondary N) is 1. The highest BCUT2D eigenvalue weighted by Crippen LogP contribution is 2.15. The molecular formula is C13H23N3O5. The van der Waals surface area contributed by atoms with Crippen molar-refractivity contribution >= 4 is 17.9 Å². The largest absolute Gasteiger partial charge is 0.480 e. The summed E-state index contributed by atoms with van der Waals surface area (Å²) in [5.74, 6) is -1.78. The second-order valence-electron chi connectivity index (χ2n) is 5.20. The molecule has 0 spiro atoms. The van der Waals surface area contributed by atoms with Crippen LogP contribution in [0.3, 0.4) is 0 Å². The molecule has 1 aliphatic rings. The summed E-state index contributed by atoms with van der Waals surface area (Å²) in [4.78, 5) is 35.7. The molecule has 21 heavy (non-hydrogen) atoms. The molecule has 1 heterocycles. The van der Waals surface area contributed by atoms with Gasteiger partial charge in [-0.15, -0.1) is 0 Å². The quantitative estimate of drug-likeness (QED) is 0.633. The number of carbonyl (C=O) groups excluding carboxylic acids is 2. The van der Waals surface area contributed by atoms with Gasteiger partial charge in [0.15, 0.2) is 0 Å². The van der Waals surface area contributed by atoms with Crippen molar-refractivity contribution in [3.63, 3.8) is 0 Å². The van der Waals surface area contributed by atoms with Crippen LogP contribution in [0.4, 0.5) is 4.79 Å². The first-order valence-electron chi connectivity index (χ1n) is 7.05. The van der Waals surface area contributed by atoms with Crippen LogP contribution >= 0.6 is 0 Å². The fourth-order valence-corrected chi connectivity index (χ4v) is 2.21. The number of rotatable bonds is 6. The first-order valence-corrected chi connectivity index (χ1v) is 7.05. The van der Waals surface area contributed by atoms with Crippen LogP contribution in [0.15, 0.2) is 0 Å². The van der Waals surface area contributed by atoms with E-state index in [2.05, 4.69) is 5.32 Å². The van der Waals surface area contributed by atoms with E-state index in [0.29, 0.717) is 13.2 Å². The number of nitrogens with zero attached hydrogens (tertiary/aromatic N) is 1. The molecule has 0 radical (unpaired) electrons. The van der Waals surface area contributed by atoms with Gasteiger partial charge in [0.05, 0.1) is 18.8 Å². The first kappa shape index (κ1) is 17.2. The van der Waals surface area contributed by atoms with Crippen molar-refractivity contribution in [3.8, 4) is 0 Å². The summed E-state index contributed by atoms with van der Waals surface area (Å²) in [6.45, 7) is 4.64. The molecule has 0 aromatic carbocycles. The van der Waals surface area contributed by atoms with Crippen LogP contribution in [0.1, 0.15) is 33.1 Å². The van der Waals surface area contributed by atoms with Gasteiger partial charge in [-0.2, -0.15) is 0 Å². The molecule has 0 aromatic heterocycles. The number of carboxylic acid groups (broad SMARTS) is 1. The van der Waals surface area contributed by atoms with Gasteiger partial charge in [0.1, 0.15) is 6.04 Å². The zero-order valence-corrected chi connectivity index (χ0v) is 12.4. The molecule has 4 N–H and O–H groups in total. The van der Waals surface area contributed by atoms with Gasteiger partial charge in [0.25, 0.3) is 0 Å². The lowest BCUT2D eigenvalue weighted by Gasteiger charge is -2.38. The Morgan fingerprint density at radius 3 is 2.67 bits per heavy atom. The van der Waals surface area contributed by atoms with Gasteiger partial charge < -0.3 is 25.8 Å². The second kappa shape index (κ2) is 7.82. The summed E-state index contributed by atoms with van der Waals surface area (Å²) in [7, 11) is 0. The number of morpholine rings is 1. The SMILES string of the molecule is CCC1COC(C)CN1C(=O)N[C@@H](CCC(N)=O)C(=O)O. The van der Waals surface area contributed by atoms with E-state index < -0.39 is 23.9 Å². The number of primary amides is 1. The number of carboxylic acids is 1. The van der Waals surface area contributed by atoms with Gasteiger partial charge in [-0.3, -0.25) is 4.79 Å². The van der Waals surface area contributed by atoms with Crippen LogP contribution in [0.5, 0.6) is 0 Å². The molecule has 8 nitrogen and oxygen atoms in total. The predicted octanol–water partition coefficient (Wildman–Crippen LogP) is -0.0860. The monoisotopic (exact) mass is 301 g/mol. The van der Waals surface area contributed by atoms with Crippen LogP contribution < -0.4 is 11.1 Å². The summed E-state index contributed by atoms with van der Waals surface area (Å²) in [6, 6.07) is -1.65. The lowest BCUT2D eigenvalue weighted by molar-refractivity contribution is -0.139. The number of aliphatic carboxylic acids is 1. The van der Waals surface area contributed by atoms with Gasteiger partial charge in [-0.05, 0) is 19.8 Å². The third-order valence-corrected chi connectivity index (χ3v) is 3.48. The Bertz CT molecular complexity index is 401. The molecule has 1 aliphatic heterocycles. The topological polar surface area (TPSA) is 122 Å². The average molecular weight is 301 g/mol. The normalized spacial score (nSPS) is 23.4. The highest BCUT2D eigenvalue weighted by Gasteiger charge is 2.31. The minimum Gasteiger partial charge on any atom is -0.480 e. The number of nitrogens with two attached hydrogens (primary N) is 1. The van der Waals surface area contributed by atoms with E-state index in [9.17, 15) is 14.4 Å². The van der Waals surface area contributed by atoms with E-state index in [4.69, 9.17) is 15.6 Å². The number of amides is 3. The standard InChI is InChI=1S/C13H23N3O5/c1-3-9-7-21-8(2)6-16(9)13(20)15-10(12(18)19)4-5-11(14)17/h8-10H,3-7H2,1-2H3,(H2,14,17)(H,15,20)(H,18,19)/t8?,9?,10-/m0/s1. The fraction of sp³-hybridized carbons (Fsp3) is 0.769. The highest BCUT2D eigenvalue weighted by atomic mass is 16.5. The minimum absolute atomic E-state index is 0.0207. The summed E-state index contributed by atoms with van der Waals surface area (Å²) in [5, 5.41) is 11.5. The molecule has 0 saturated carbocycles. The number of hydrogen-bond acceptors (Lipinski definition) is 4. The Hall–Kier alpha value is -1.83. The zero-order chi connectivity index (χ0) is 16.0. The van der Waals surface area contributed by atoms with Gasteiger partial charge >= 0.3 is 12.0 Å². The van der Waals surface area contributed by atoms with E-state index in [1.54, 1.807) is 4.90 Å². The number of urea groups is 1. The van der Waals surface area contributed by atoms with Crippen molar-refractivity contribution in [2.24, 2.45) is 5.73 Å². The molecule has 3 amide bonds. The predicted molar refractivity (Wildman–Crippen MR) is 74.6 cm³/mol. The molecule has 2 unspecified atom stereocenters. The fourth-order valence-electron chi connectivity index (χ4n) is 2.21. The smallest absolute Gasteiger partial charge is 0.326 e. The Morgan fingerprint density at radius 1 is 1.48 bits per heavy atom. The lowest BCUT2D eigenvalue weighted by atomic mass is 10.1. The molecule has 120 valence electrons. The van der Waals surface area contributed by atoms with E-state index in [0.717, 1.165) is 6.42 Å². The van der Waals surface area contributed by atoms with Crippen LogP contribution in [0.2, 0.25) is 0 Å². The maximum atomic E-state index is 12.3. The van der Waals surface area contributed by atoms with E-state index in [1.807, 2.05) is 13.8 Å². The molecule has 1 saturated heterocycles.